The SMILES string of the molecule is CC(C)[C@H](NC(=O)OC(C)(C)C)C(=O)O[C@H]1[C@@H](O)[C@](C#N)(c2ccc(C(N)=NC=[NH2+])[nH]2)O[C@@H]1COC(=O)CC1CCCCC1. The van der Waals surface area contributed by atoms with E-state index in [0.717, 1.165) is 38.4 Å². The van der Waals surface area contributed by atoms with E-state index in [1.165, 1.54) is 12.1 Å². The van der Waals surface area contributed by atoms with E-state index in [1.807, 2.05) is 6.07 Å². The van der Waals surface area contributed by atoms with E-state index >= 15 is 0 Å². The van der Waals surface area contributed by atoms with Gasteiger partial charge in [-0.3, -0.25) is 10.2 Å². The molecule has 14 heteroatoms. The van der Waals surface area contributed by atoms with Crippen LogP contribution in [0.1, 0.15) is 84.5 Å². The van der Waals surface area contributed by atoms with E-state index in [4.69, 9.17) is 30.1 Å². The van der Waals surface area contributed by atoms with E-state index in [2.05, 4.69) is 15.3 Å². The van der Waals surface area contributed by atoms with Crippen molar-refractivity contribution in [3.63, 3.8) is 0 Å². The van der Waals surface area contributed by atoms with E-state index in [-0.39, 0.29) is 23.9 Å². The smallest absolute Gasteiger partial charge is 0.408 e. The van der Waals surface area contributed by atoms with Crippen molar-refractivity contribution in [1.29, 1.82) is 5.26 Å². The van der Waals surface area contributed by atoms with Crippen molar-refractivity contribution < 1.29 is 43.8 Å². The number of aromatic amines is 1. The van der Waals surface area contributed by atoms with Crippen molar-refractivity contribution in [2.45, 2.75) is 109 Å². The third-order valence-electron chi connectivity index (χ3n) is 7.61. The first-order valence-electron chi connectivity index (χ1n) is 14.9. The fourth-order valence-corrected chi connectivity index (χ4v) is 5.37. The number of nitriles is 1. The van der Waals surface area contributed by atoms with E-state index in [0.29, 0.717) is 5.69 Å². The minimum atomic E-state index is -2.07. The fraction of sp³-hybridized carbons (Fsp3) is 0.667. The van der Waals surface area contributed by atoms with Gasteiger partial charge >= 0.3 is 18.0 Å². The lowest BCUT2D eigenvalue weighted by Gasteiger charge is -2.28. The number of amidine groups is 1. The summed E-state index contributed by atoms with van der Waals surface area (Å²) in [5.41, 5.74) is 3.42. The number of H-pyrrole nitrogens is 1. The van der Waals surface area contributed by atoms with Crippen LogP contribution in [0.25, 0.3) is 0 Å². The van der Waals surface area contributed by atoms with E-state index in [1.54, 1.807) is 34.6 Å². The molecule has 1 aromatic heterocycles. The molecule has 0 unspecified atom stereocenters. The van der Waals surface area contributed by atoms with Crippen LogP contribution in [-0.2, 0) is 34.1 Å². The summed E-state index contributed by atoms with van der Waals surface area (Å²) in [5, 5.41) is 29.7. The molecule has 2 fully saturated rings. The second-order valence-corrected chi connectivity index (χ2v) is 12.6. The lowest BCUT2D eigenvalue weighted by molar-refractivity contribution is -0.163. The predicted molar refractivity (Wildman–Crippen MR) is 158 cm³/mol. The number of aliphatic hydroxyl groups excluding tert-OH is 1. The second kappa shape index (κ2) is 14.7. The number of nitrogens with one attached hydrogen (secondary N) is 2. The molecule has 5 atom stereocenters. The summed E-state index contributed by atoms with van der Waals surface area (Å²) in [5.74, 6) is -1.55. The summed E-state index contributed by atoms with van der Waals surface area (Å²) in [6.45, 7) is 8.05. The predicted octanol–water partition coefficient (Wildman–Crippen LogP) is 0.961. The first-order valence-corrected chi connectivity index (χ1v) is 14.9. The highest BCUT2D eigenvalue weighted by molar-refractivity contribution is 5.99. The number of hydrogen-bond acceptors (Lipinski definition) is 9. The van der Waals surface area contributed by atoms with Crippen molar-refractivity contribution in [2.24, 2.45) is 22.6 Å². The molecule has 1 aromatic rings. The number of carbonyl (C=O) groups excluding carboxylic acids is 3. The van der Waals surface area contributed by atoms with Gasteiger partial charge in [0.2, 0.25) is 5.60 Å². The molecular weight excluding hydrogens is 572 g/mol. The molecule has 242 valence electrons. The number of aliphatic imine (C=N–C) groups is 1. The summed E-state index contributed by atoms with van der Waals surface area (Å²) >= 11 is 0. The van der Waals surface area contributed by atoms with Crippen LogP contribution < -0.4 is 16.5 Å². The molecule has 1 saturated heterocycles. The molecule has 0 aromatic carbocycles. The Hall–Kier alpha value is -3.96. The Morgan fingerprint density at radius 1 is 1.30 bits per heavy atom. The monoisotopic (exact) mass is 617 g/mol. The molecule has 2 heterocycles. The molecule has 2 aliphatic rings. The zero-order chi connectivity index (χ0) is 32.7. The third kappa shape index (κ3) is 8.57. The van der Waals surface area contributed by atoms with Gasteiger partial charge < -0.3 is 40.1 Å². The molecule has 44 heavy (non-hydrogen) atoms. The Bertz CT molecular complexity index is 1260. The average molecular weight is 618 g/mol. The molecule has 1 aliphatic carbocycles. The number of nitrogens with zero attached hydrogens (tertiary/aromatic N) is 2. The first kappa shape index (κ1) is 34.5. The Kier molecular flexibility index (Phi) is 11.5. The standard InChI is InChI=1S/C30H44N6O8/c1-17(2)23(36-28(40)44-29(3,4)5)27(39)42-24-20(14-41-22(37)13-18-9-7-6-8-10-18)43-30(15-31,25(24)38)21-12-11-19(35-21)26(33)34-16-32/h11-12,16-18,20,23-25,35,38H,6-10,13-14H2,1-5H3,(H,36,40)(H3,32,33,34)/p+1/t20-,23+,24-,25-,30+/m1/s1. The van der Waals surface area contributed by atoms with Gasteiger partial charge in [-0.1, -0.05) is 33.1 Å². The van der Waals surface area contributed by atoms with Crippen LogP contribution in [0.3, 0.4) is 0 Å². The summed E-state index contributed by atoms with van der Waals surface area (Å²) < 4.78 is 22.6. The fourth-order valence-electron chi connectivity index (χ4n) is 5.37. The highest BCUT2D eigenvalue weighted by Gasteiger charge is 2.59. The molecule has 1 saturated carbocycles. The minimum Gasteiger partial charge on any atom is -0.463 e. The number of aliphatic hydroxyl groups is 1. The van der Waals surface area contributed by atoms with Crippen molar-refractivity contribution in [2.75, 3.05) is 6.61 Å². The molecular formula is C30H45N6O8+. The van der Waals surface area contributed by atoms with Gasteiger partial charge in [-0.2, -0.15) is 5.26 Å². The third-order valence-corrected chi connectivity index (χ3v) is 7.61. The van der Waals surface area contributed by atoms with Crippen molar-refractivity contribution in [3.8, 4) is 6.07 Å². The van der Waals surface area contributed by atoms with Crippen LogP contribution in [0.4, 0.5) is 4.79 Å². The number of alkyl carbamates (subject to hydrolysis) is 1. The second-order valence-electron chi connectivity index (χ2n) is 12.6. The quantitative estimate of drug-likeness (QED) is 0.102. The maximum Gasteiger partial charge on any atom is 0.408 e. The van der Waals surface area contributed by atoms with Crippen LogP contribution >= 0.6 is 0 Å². The van der Waals surface area contributed by atoms with Gasteiger partial charge in [0, 0.05) is 6.42 Å². The molecule has 14 nitrogen and oxygen atoms in total. The van der Waals surface area contributed by atoms with Gasteiger partial charge in [0.05, 0.1) is 5.69 Å². The van der Waals surface area contributed by atoms with Gasteiger partial charge in [0.1, 0.15) is 42.2 Å². The molecule has 1 aliphatic heterocycles. The molecule has 0 radical (unpaired) electrons. The maximum absolute atomic E-state index is 13.4. The molecule has 0 spiro atoms. The van der Waals surface area contributed by atoms with E-state index < -0.39 is 66.1 Å². The normalized spacial score (nSPS) is 25.1. The molecule has 3 rings (SSSR count). The van der Waals surface area contributed by atoms with Gasteiger partial charge in [-0.05, 0) is 62.6 Å². The van der Waals surface area contributed by atoms with E-state index in [9.17, 15) is 24.8 Å². The Morgan fingerprint density at radius 3 is 2.57 bits per heavy atom. The van der Waals surface area contributed by atoms with Crippen molar-refractivity contribution in [1.82, 2.24) is 10.3 Å². The van der Waals surface area contributed by atoms with Crippen LogP contribution in [0.5, 0.6) is 0 Å². The molecule has 7 N–H and O–H groups in total. The minimum absolute atomic E-state index is 0.0171. The van der Waals surface area contributed by atoms with Crippen LogP contribution in [-0.4, -0.2) is 76.9 Å². The summed E-state index contributed by atoms with van der Waals surface area (Å²) in [6.07, 6.45) is 1.12. The van der Waals surface area contributed by atoms with Gasteiger partial charge in [-0.25, -0.2) is 9.59 Å². The van der Waals surface area contributed by atoms with Crippen LogP contribution in [0, 0.1) is 23.2 Å². The van der Waals surface area contributed by atoms with Gasteiger partial charge in [0.15, 0.2) is 6.10 Å². The number of hydrogen-bond donors (Lipinski definition) is 5. The number of esters is 2. The number of nitrogens with two attached hydrogens (primary N) is 2. The van der Waals surface area contributed by atoms with Gasteiger partial charge in [0.25, 0.3) is 12.2 Å². The largest absolute Gasteiger partial charge is 0.463 e. The maximum atomic E-state index is 13.4. The summed E-state index contributed by atoms with van der Waals surface area (Å²) in [6, 6.07) is 3.81. The number of aromatic nitrogens is 1. The number of carbonyl (C=O) groups is 3. The summed E-state index contributed by atoms with van der Waals surface area (Å²) in [4.78, 5) is 45.3. The Morgan fingerprint density at radius 2 is 1.98 bits per heavy atom. The van der Waals surface area contributed by atoms with Crippen LogP contribution in [0.2, 0.25) is 0 Å². The lowest BCUT2D eigenvalue weighted by Crippen LogP contribution is -2.50. The van der Waals surface area contributed by atoms with Crippen LogP contribution in [0.15, 0.2) is 17.1 Å². The van der Waals surface area contributed by atoms with Crippen molar-refractivity contribution in [3.05, 3.63) is 23.5 Å². The average Bonchev–Trinajstić information content (AvgIpc) is 3.54. The molecule has 0 bridgehead atoms. The van der Waals surface area contributed by atoms with Gasteiger partial charge in [-0.15, -0.1) is 0 Å². The Balaban J connectivity index is 1.87. The number of ether oxygens (including phenoxy) is 4. The highest BCUT2D eigenvalue weighted by atomic mass is 16.6. The highest BCUT2D eigenvalue weighted by Crippen LogP contribution is 2.41. The Labute approximate surface area is 257 Å². The van der Waals surface area contributed by atoms with Crippen molar-refractivity contribution >= 4 is 30.2 Å². The number of rotatable bonds is 11. The lowest BCUT2D eigenvalue weighted by atomic mass is 9.87. The summed E-state index contributed by atoms with van der Waals surface area (Å²) in [7, 11) is 0. The zero-order valence-electron chi connectivity index (χ0n) is 26.0. The number of amides is 1. The first-order chi connectivity index (χ1) is 20.7. The zero-order valence-corrected chi connectivity index (χ0v) is 26.0. The topological polar surface area (TPSA) is 224 Å². The molecule has 1 amide bonds.